The molecule has 4 saturated carbocycles. The van der Waals surface area contributed by atoms with Gasteiger partial charge in [-0.05, 0) is 63.0 Å². The predicted molar refractivity (Wildman–Crippen MR) is 139 cm³/mol. The van der Waals surface area contributed by atoms with E-state index >= 15 is 0 Å². The van der Waals surface area contributed by atoms with Gasteiger partial charge in [0.25, 0.3) is 0 Å². The van der Waals surface area contributed by atoms with E-state index in [1.165, 1.54) is 0 Å². The number of alkyl halides is 3. The van der Waals surface area contributed by atoms with Gasteiger partial charge in [0.2, 0.25) is 11.7 Å². The van der Waals surface area contributed by atoms with Crippen LogP contribution in [0.15, 0.2) is 27.1 Å². The molecule has 2 aromatic heterocycles. The fourth-order valence-corrected chi connectivity index (χ4v) is 6.68. The first kappa shape index (κ1) is 28.5. The zero-order valence-corrected chi connectivity index (χ0v) is 23.5. The van der Waals surface area contributed by atoms with Crippen LogP contribution in [0.5, 0.6) is 0 Å². The number of nitrogens with zero attached hydrogens (tertiary/aromatic N) is 2. The number of benzene rings is 1. The summed E-state index contributed by atoms with van der Waals surface area (Å²) in [7, 11) is 0. The molecule has 2 heterocycles. The zero-order chi connectivity index (χ0) is 29.1. The summed E-state index contributed by atoms with van der Waals surface area (Å²) >= 11 is 12.9. The highest BCUT2D eigenvalue weighted by molar-refractivity contribution is 6.39. The van der Waals surface area contributed by atoms with Gasteiger partial charge in [0.15, 0.2) is 0 Å². The second-order valence-electron chi connectivity index (χ2n) is 10.9. The Morgan fingerprint density at radius 1 is 1.17 bits per heavy atom. The lowest BCUT2D eigenvalue weighted by molar-refractivity contribution is -0.231. The minimum Gasteiger partial charge on any atom is -0.466 e. The van der Waals surface area contributed by atoms with Crippen molar-refractivity contribution in [1.82, 2.24) is 10.1 Å². The molecule has 2 bridgehead atoms. The second kappa shape index (κ2) is 10.6. The van der Waals surface area contributed by atoms with E-state index in [2.05, 4.69) is 10.1 Å². The summed E-state index contributed by atoms with van der Waals surface area (Å²) in [6.07, 6.45) is -2.54. The normalized spacial score (nSPS) is 25.7. The van der Waals surface area contributed by atoms with E-state index in [1.807, 2.05) is 0 Å². The van der Waals surface area contributed by atoms with Crippen molar-refractivity contribution in [3.8, 4) is 11.3 Å². The quantitative estimate of drug-likeness (QED) is 0.261. The van der Waals surface area contributed by atoms with Crippen molar-refractivity contribution < 1.29 is 41.5 Å². The van der Waals surface area contributed by atoms with Crippen molar-refractivity contribution in [3.63, 3.8) is 0 Å². The highest BCUT2D eigenvalue weighted by Crippen LogP contribution is 2.60. The van der Waals surface area contributed by atoms with Crippen LogP contribution in [-0.4, -0.2) is 33.9 Å². The number of esters is 1. The fraction of sp³-hybridized carbons (Fsp3) is 0.536. The Balaban J connectivity index is 1.19. The molecule has 4 aliphatic rings. The van der Waals surface area contributed by atoms with E-state index in [-0.39, 0.29) is 25.2 Å². The maximum absolute atomic E-state index is 13.7. The third kappa shape index (κ3) is 5.15. The van der Waals surface area contributed by atoms with Gasteiger partial charge in [0.1, 0.15) is 22.7 Å². The van der Waals surface area contributed by atoms with Crippen LogP contribution in [-0.2, 0) is 39.1 Å². The van der Waals surface area contributed by atoms with Gasteiger partial charge in [-0.3, -0.25) is 4.79 Å². The van der Waals surface area contributed by atoms with Crippen LogP contribution in [0.1, 0.15) is 73.6 Å². The number of carbonyl (C=O) groups is 1. The Hall–Kier alpha value is -2.60. The zero-order valence-electron chi connectivity index (χ0n) is 22.0. The maximum atomic E-state index is 13.7. The first-order chi connectivity index (χ1) is 19.5. The molecular weight excluding hydrogens is 588 g/mol. The Kier molecular flexibility index (Phi) is 7.37. The number of ether oxygens (including phenoxy) is 2. The SMILES string of the molecule is CCOC(=O)Cc1nc(C2(O)[C@@H]3CC(OCc4c(-c5c(Cl)cccc5Cl)noc4C4CC4)C[C@H]2C3)oc1C(F)(F)F. The lowest BCUT2D eigenvalue weighted by Crippen LogP contribution is -2.59. The van der Waals surface area contributed by atoms with Crippen LogP contribution in [0.3, 0.4) is 0 Å². The van der Waals surface area contributed by atoms with Crippen LogP contribution in [0.4, 0.5) is 13.2 Å². The molecule has 0 saturated heterocycles. The molecule has 0 amide bonds. The molecule has 0 aliphatic heterocycles. The van der Waals surface area contributed by atoms with E-state index in [0.29, 0.717) is 40.6 Å². The highest BCUT2D eigenvalue weighted by atomic mass is 35.5. The van der Waals surface area contributed by atoms with Crippen molar-refractivity contribution in [2.45, 2.75) is 75.9 Å². The number of halogens is 5. The third-order valence-electron chi connectivity index (χ3n) is 8.25. The molecule has 41 heavy (non-hydrogen) atoms. The van der Waals surface area contributed by atoms with E-state index in [9.17, 15) is 23.1 Å². The van der Waals surface area contributed by atoms with Crippen molar-refractivity contribution in [2.24, 2.45) is 11.8 Å². The minimum atomic E-state index is -4.88. The monoisotopic (exact) mass is 614 g/mol. The smallest absolute Gasteiger partial charge is 0.451 e. The van der Waals surface area contributed by atoms with Crippen LogP contribution in [0.2, 0.25) is 10.0 Å². The molecule has 4 aliphatic carbocycles. The summed E-state index contributed by atoms with van der Waals surface area (Å²) in [4.78, 5) is 15.9. The lowest BCUT2D eigenvalue weighted by Gasteiger charge is -2.56. The number of oxazole rings is 1. The summed E-state index contributed by atoms with van der Waals surface area (Å²) in [6, 6.07) is 5.19. The molecule has 1 aromatic carbocycles. The largest absolute Gasteiger partial charge is 0.466 e. The number of fused-ring (bicyclic) bond motifs is 2. The van der Waals surface area contributed by atoms with Gasteiger partial charge in [-0.2, -0.15) is 13.2 Å². The highest BCUT2D eigenvalue weighted by Gasteiger charge is 2.62. The molecule has 3 aromatic rings. The average molecular weight is 615 g/mol. The van der Waals surface area contributed by atoms with Crippen molar-refractivity contribution in [1.29, 1.82) is 0 Å². The molecular formula is C28H27Cl2F3N2O6. The molecule has 2 unspecified atom stereocenters. The van der Waals surface area contributed by atoms with Gasteiger partial charge >= 0.3 is 12.1 Å². The minimum absolute atomic E-state index is 0.0182. The predicted octanol–water partition coefficient (Wildman–Crippen LogP) is 6.84. The van der Waals surface area contributed by atoms with E-state index in [0.717, 1.165) is 24.2 Å². The van der Waals surface area contributed by atoms with Crippen LogP contribution >= 0.6 is 23.2 Å². The van der Waals surface area contributed by atoms with Gasteiger partial charge in [0.05, 0.1) is 35.8 Å². The summed E-state index contributed by atoms with van der Waals surface area (Å²) in [5, 5.41) is 16.6. The molecule has 0 radical (unpaired) electrons. The van der Waals surface area contributed by atoms with Crippen molar-refractivity contribution in [2.75, 3.05) is 6.61 Å². The van der Waals surface area contributed by atoms with E-state index < -0.39 is 53.3 Å². The van der Waals surface area contributed by atoms with Gasteiger partial charge in [-0.25, -0.2) is 4.98 Å². The molecule has 4 fully saturated rings. The number of rotatable bonds is 9. The number of aliphatic hydroxyl groups is 1. The topological polar surface area (TPSA) is 108 Å². The number of hydrogen-bond acceptors (Lipinski definition) is 8. The molecule has 1 N–H and O–H groups in total. The molecule has 7 rings (SSSR count). The third-order valence-corrected chi connectivity index (χ3v) is 8.88. The Morgan fingerprint density at radius 2 is 1.85 bits per heavy atom. The molecule has 8 nitrogen and oxygen atoms in total. The van der Waals surface area contributed by atoms with Gasteiger partial charge in [-0.15, -0.1) is 0 Å². The standard InChI is InChI=1S/C28H27Cl2F3N2O6/c1-2-38-21(36)11-20-25(28(31,32)33)40-26(34-20)27(37)14-8-15(27)10-16(9-14)39-12-17-23(35-41-24(17)13-6-7-13)22-18(29)4-3-5-19(22)30/h3-5,13-16,37H,2,6-12H2,1H3/t14-,15+,16?,27?. The van der Waals surface area contributed by atoms with Crippen LogP contribution in [0.25, 0.3) is 11.3 Å². The summed E-state index contributed by atoms with van der Waals surface area (Å²) < 4.78 is 62.9. The first-order valence-electron chi connectivity index (χ1n) is 13.5. The summed E-state index contributed by atoms with van der Waals surface area (Å²) in [5.41, 5.74) is -0.423. The molecule has 220 valence electrons. The Labute approximate surface area is 243 Å². The lowest BCUT2D eigenvalue weighted by atomic mass is 9.53. The Morgan fingerprint density at radius 3 is 2.46 bits per heavy atom. The number of carbonyl (C=O) groups excluding carboxylic acids is 1. The first-order valence-corrected chi connectivity index (χ1v) is 14.3. The second-order valence-corrected chi connectivity index (χ2v) is 11.7. The van der Waals surface area contributed by atoms with Gasteiger partial charge in [0, 0.05) is 17.0 Å². The number of hydrogen-bond donors (Lipinski definition) is 1. The van der Waals surface area contributed by atoms with E-state index in [4.69, 9.17) is 41.6 Å². The molecule has 4 atom stereocenters. The average Bonchev–Trinajstić information content (AvgIpc) is 3.53. The van der Waals surface area contributed by atoms with Crippen molar-refractivity contribution in [3.05, 3.63) is 56.9 Å². The van der Waals surface area contributed by atoms with Gasteiger partial charge < -0.3 is 23.5 Å². The molecule has 0 spiro atoms. The van der Waals surface area contributed by atoms with E-state index in [1.54, 1.807) is 25.1 Å². The summed E-state index contributed by atoms with van der Waals surface area (Å²) in [6.45, 7) is 1.75. The fourth-order valence-electron chi connectivity index (χ4n) is 6.11. The molecule has 13 heteroatoms. The van der Waals surface area contributed by atoms with Crippen LogP contribution < -0.4 is 0 Å². The Bertz CT molecular complexity index is 1440. The van der Waals surface area contributed by atoms with Gasteiger partial charge in [-0.1, -0.05) is 34.4 Å². The van der Waals surface area contributed by atoms with Crippen molar-refractivity contribution >= 4 is 29.2 Å². The summed E-state index contributed by atoms with van der Waals surface area (Å²) in [5.74, 6) is -2.54. The number of aromatic nitrogens is 2. The maximum Gasteiger partial charge on any atom is 0.451 e. The van der Waals surface area contributed by atoms with Crippen LogP contribution in [0, 0.1) is 11.8 Å².